The van der Waals surface area contributed by atoms with Gasteiger partial charge in [-0.05, 0) is 25.5 Å². The molecular formula is C14H15N3OS. The van der Waals surface area contributed by atoms with E-state index in [-0.39, 0.29) is 17.1 Å². The van der Waals surface area contributed by atoms with Gasteiger partial charge in [0, 0.05) is 29.6 Å². The van der Waals surface area contributed by atoms with Crippen LogP contribution in [0.2, 0.25) is 0 Å². The van der Waals surface area contributed by atoms with Gasteiger partial charge in [-0.25, -0.2) is 0 Å². The Balaban J connectivity index is 2.59. The van der Waals surface area contributed by atoms with Crippen molar-refractivity contribution in [2.75, 3.05) is 0 Å². The Hall–Kier alpha value is -1.80. The zero-order valence-corrected chi connectivity index (χ0v) is 11.7. The Morgan fingerprint density at radius 3 is 2.84 bits per heavy atom. The summed E-state index contributed by atoms with van der Waals surface area (Å²) in [6.45, 7) is 3.37. The molecule has 0 fully saturated rings. The molecule has 0 amide bonds. The van der Waals surface area contributed by atoms with E-state index in [1.807, 2.05) is 19.1 Å². The molecule has 0 aromatic carbocycles. The maximum atomic E-state index is 11.9. The molecule has 0 spiro atoms. The zero-order valence-electron chi connectivity index (χ0n) is 10.8. The van der Waals surface area contributed by atoms with Gasteiger partial charge in [0.15, 0.2) is 5.78 Å². The summed E-state index contributed by atoms with van der Waals surface area (Å²) in [5.41, 5.74) is 2.30. The summed E-state index contributed by atoms with van der Waals surface area (Å²) in [5.74, 6) is -0.714. The summed E-state index contributed by atoms with van der Waals surface area (Å²) in [6, 6.07) is 5.96. The Labute approximate surface area is 117 Å². The predicted molar refractivity (Wildman–Crippen MR) is 75.4 cm³/mol. The number of nitriles is 1. The molecule has 1 aromatic rings. The van der Waals surface area contributed by atoms with Crippen LogP contribution >= 0.6 is 12.6 Å². The lowest BCUT2D eigenvalue weighted by molar-refractivity contribution is -0.114. The highest BCUT2D eigenvalue weighted by Crippen LogP contribution is 2.39. The second-order valence-corrected chi connectivity index (χ2v) is 5.16. The molecule has 1 N–H and O–H groups in total. The van der Waals surface area contributed by atoms with Gasteiger partial charge in [-0.15, -0.1) is 0 Å². The van der Waals surface area contributed by atoms with Crippen LogP contribution < -0.4 is 5.32 Å². The van der Waals surface area contributed by atoms with Gasteiger partial charge in [-0.1, -0.05) is 6.07 Å². The summed E-state index contributed by atoms with van der Waals surface area (Å²) in [5, 5.41) is 12.2. The van der Waals surface area contributed by atoms with E-state index in [4.69, 9.17) is 0 Å². The van der Waals surface area contributed by atoms with Gasteiger partial charge in [0.25, 0.3) is 0 Å². The van der Waals surface area contributed by atoms with Gasteiger partial charge < -0.3 is 5.32 Å². The third kappa shape index (κ3) is 2.49. The summed E-state index contributed by atoms with van der Waals surface area (Å²) in [4.78, 5) is 16.0. The first-order chi connectivity index (χ1) is 9.06. The van der Waals surface area contributed by atoms with Gasteiger partial charge in [-0.3, -0.25) is 9.78 Å². The van der Waals surface area contributed by atoms with E-state index in [9.17, 15) is 10.1 Å². The van der Waals surface area contributed by atoms with Gasteiger partial charge in [0.1, 0.15) is 0 Å². The van der Waals surface area contributed by atoms with Crippen LogP contribution in [0.5, 0.6) is 0 Å². The standard InChI is InChI=1S/C14H15N3OS/c1-8-12(9(2)18)13(10-4-3-5-16-7-10)11(6-15)14(19)17-8/h3-5,7,11,13-14,17,19H,1-2H3. The number of ketones is 1. The maximum Gasteiger partial charge on any atom is 0.158 e. The molecule has 19 heavy (non-hydrogen) atoms. The highest BCUT2D eigenvalue weighted by Gasteiger charge is 2.38. The normalized spacial score (nSPS) is 26.5. The molecule has 98 valence electrons. The molecule has 0 saturated carbocycles. The van der Waals surface area contributed by atoms with Crippen LogP contribution in [0.15, 0.2) is 35.8 Å². The van der Waals surface area contributed by atoms with Gasteiger partial charge in [-0.2, -0.15) is 17.9 Å². The topological polar surface area (TPSA) is 65.8 Å². The minimum atomic E-state index is -0.407. The fraction of sp³-hybridized carbons (Fsp3) is 0.357. The van der Waals surface area contributed by atoms with Crippen LogP contribution in [-0.4, -0.2) is 16.1 Å². The number of Topliss-reactive ketones (excluding diaryl/α,β-unsaturated/α-hetero) is 1. The molecule has 1 aromatic heterocycles. The first-order valence-electron chi connectivity index (χ1n) is 6.02. The Morgan fingerprint density at radius 1 is 1.58 bits per heavy atom. The lowest BCUT2D eigenvalue weighted by Gasteiger charge is -2.35. The summed E-state index contributed by atoms with van der Waals surface area (Å²) in [6.07, 6.45) is 3.38. The van der Waals surface area contributed by atoms with Crippen molar-refractivity contribution >= 4 is 18.4 Å². The number of allylic oxidation sites excluding steroid dienone is 2. The molecule has 0 aliphatic carbocycles. The SMILES string of the molecule is CC(=O)C1=C(C)NC(S)C(C#N)C1c1cccnc1. The van der Waals surface area contributed by atoms with Gasteiger partial charge in [0.2, 0.25) is 0 Å². The number of carbonyl (C=O) groups excluding carboxylic acids is 1. The van der Waals surface area contributed by atoms with Crippen molar-refractivity contribution in [1.29, 1.82) is 5.26 Å². The van der Waals surface area contributed by atoms with Crippen molar-refractivity contribution in [2.45, 2.75) is 25.1 Å². The smallest absolute Gasteiger partial charge is 0.158 e. The second-order valence-electron chi connectivity index (χ2n) is 4.60. The first-order valence-corrected chi connectivity index (χ1v) is 6.53. The number of pyridine rings is 1. The summed E-state index contributed by atoms with van der Waals surface area (Å²) in [7, 11) is 0. The molecule has 1 aliphatic heterocycles. The number of aromatic nitrogens is 1. The van der Waals surface area contributed by atoms with Crippen LogP contribution in [-0.2, 0) is 4.79 Å². The Bertz CT molecular complexity index is 562. The van der Waals surface area contributed by atoms with E-state index in [0.29, 0.717) is 5.57 Å². The number of hydrogen-bond donors (Lipinski definition) is 2. The highest BCUT2D eigenvalue weighted by atomic mass is 32.1. The molecule has 3 unspecified atom stereocenters. The van der Waals surface area contributed by atoms with E-state index in [0.717, 1.165) is 11.3 Å². The number of nitrogens with zero attached hydrogens (tertiary/aromatic N) is 2. The van der Waals surface area contributed by atoms with Crippen LogP contribution in [0.3, 0.4) is 0 Å². The van der Waals surface area contributed by atoms with Gasteiger partial charge in [0.05, 0.1) is 17.4 Å². The van der Waals surface area contributed by atoms with Crippen molar-refractivity contribution in [1.82, 2.24) is 10.3 Å². The predicted octanol–water partition coefficient (Wildman–Crippen LogP) is 2.03. The Morgan fingerprint density at radius 2 is 2.32 bits per heavy atom. The number of thiol groups is 1. The van der Waals surface area contributed by atoms with Crippen molar-refractivity contribution in [3.63, 3.8) is 0 Å². The molecule has 2 heterocycles. The average molecular weight is 273 g/mol. The molecule has 3 atom stereocenters. The molecule has 0 saturated heterocycles. The van der Waals surface area contributed by atoms with Crippen molar-refractivity contribution < 1.29 is 4.79 Å². The molecule has 0 radical (unpaired) electrons. The van der Waals surface area contributed by atoms with E-state index in [1.54, 1.807) is 12.4 Å². The monoisotopic (exact) mass is 273 g/mol. The maximum absolute atomic E-state index is 11.9. The highest BCUT2D eigenvalue weighted by molar-refractivity contribution is 7.80. The van der Waals surface area contributed by atoms with E-state index >= 15 is 0 Å². The zero-order chi connectivity index (χ0) is 14.0. The van der Waals surface area contributed by atoms with Crippen LogP contribution in [0.4, 0.5) is 0 Å². The van der Waals surface area contributed by atoms with Crippen LogP contribution in [0.1, 0.15) is 25.3 Å². The molecular weight excluding hydrogens is 258 g/mol. The first kappa shape index (κ1) is 13.6. The van der Waals surface area contributed by atoms with Gasteiger partial charge >= 0.3 is 0 Å². The molecule has 0 bridgehead atoms. The molecule has 5 heteroatoms. The fourth-order valence-corrected chi connectivity index (χ4v) is 2.98. The summed E-state index contributed by atoms with van der Waals surface area (Å²) >= 11 is 4.41. The van der Waals surface area contributed by atoms with Crippen LogP contribution in [0, 0.1) is 17.2 Å². The molecule has 4 nitrogen and oxygen atoms in total. The van der Waals surface area contributed by atoms with E-state index in [2.05, 4.69) is 29.0 Å². The van der Waals surface area contributed by atoms with Crippen molar-refractivity contribution in [3.8, 4) is 6.07 Å². The quantitative estimate of drug-likeness (QED) is 0.809. The number of carbonyl (C=O) groups is 1. The number of rotatable bonds is 2. The average Bonchev–Trinajstić information content (AvgIpc) is 2.38. The van der Waals surface area contributed by atoms with E-state index < -0.39 is 5.92 Å². The third-order valence-corrected chi connectivity index (χ3v) is 3.80. The lowest BCUT2D eigenvalue weighted by atomic mass is 9.77. The number of hydrogen-bond acceptors (Lipinski definition) is 5. The second kappa shape index (κ2) is 5.45. The minimum absolute atomic E-state index is 0.0284. The van der Waals surface area contributed by atoms with Crippen molar-refractivity contribution in [2.24, 2.45) is 5.92 Å². The number of nitrogens with one attached hydrogen (secondary N) is 1. The molecule has 1 aliphatic rings. The molecule has 2 rings (SSSR count). The van der Waals surface area contributed by atoms with E-state index in [1.165, 1.54) is 6.92 Å². The third-order valence-electron chi connectivity index (χ3n) is 3.35. The fourth-order valence-electron chi connectivity index (χ4n) is 2.55. The Kier molecular flexibility index (Phi) is 3.91. The summed E-state index contributed by atoms with van der Waals surface area (Å²) < 4.78 is 0. The van der Waals surface area contributed by atoms with Crippen LogP contribution in [0.25, 0.3) is 0 Å². The largest absolute Gasteiger partial charge is 0.375 e. The lowest BCUT2D eigenvalue weighted by Crippen LogP contribution is -2.41. The van der Waals surface area contributed by atoms with Crippen molar-refractivity contribution in [3.05, 3.63) is 41.4 Å². The minimum Gasteiger partial charge on any atom is -0.375 e.